The van der Waals surface area contributed by atoms with E-state index in [2.05, 4.69) is 78.9 Å². The minimum absolute atomic E-state index is 0.0179. The van der Waals surface area contributed by atoms with Crippen LogP contribution in [-0.2, 0) is 0 Å². The molecule has 2 heteroatoms. The van der Waals surface area contributed by atoms with E-state index in [0.29, 0.717) is 0 Å². The van der Waals surface area contributed by atoms with Gasteiger partial charge in [0, 0.05) is 10.8 Å². The lowest BCUT2D eigenvalue weighted by Crippen LogP contribution is -2.21. The van der Waals surface area contributed by atoms with Crippen molar-refractivity contribution in [2.75, 3.05) is 4.90 Å². The number of fused-ring (bicyclic) bond motifs is 1. The first kappa shape index (κ1) is 19.7. The lowest BCUT2D eigenvalue weighted by molar-refractivity contribution is 0.101. The van der Waals surface area contributed by atoms with Crippen molar-refractivity contribution in [3.63, 3.8) is 0 Å². The Morgan fingerprint density at radius 2 is 1.09 bits per heavy atom. The van der Waals surface area contributed by atoms with Crippen LogP contribution in [0.3, 0.4) is 0 Å². The molecule has 1 aliphatic rings. The molecule has 6 aromatic rings. The lowest BCUT2D eigenvalue weighted by atomic mass is 9.87. The summed E-state index contributed by atoms with van der Waals surface area (Å²) in [5.74, 6) is 0.0179. The minimum atomic E-state index is 0.0179. The molecule has 35 heavy (non-hydrogen) atoms. The fourth-order valence-corrected chi connectivity index (χ4v) is 5.45. The summed E-state index contributed by atoms with van der Waals surface area (Å²) in [6.45, 7) is 0. The van der Waals surface area contributed by atoms with Crippen molar-refractivity contribution in [3.8, 4) is 22.3 Å². The highest BCUT2D eigenvalue weighted by atomic mass is 16.2. The molecular formula is C33H21NO. The topological polar surface area (TPSA) is 20.3 Å². The molecule has 0 atom stereocenters. The van der Waals surface area contributed by atoms with Gasteiger partial charge in [0.25, 0.3) is 5.91 Å². The van der Waals surface area contributed by atoms with E-state index in [4.69, 9.17) is 0 Å². The number of amides is 1. The SMILES string of the molecule is O=C1c2cc(-c3ccccc3)c(-c3ccccc3)c3cccc(c23)N1c1cccc2ccccc12. The fraction of sp³-hybridized carbons (Fsp3) is 0. The second-order valence-corrected chi connectivity index (χ2v) is 8.92. The van der Waals surface area contributed by atoms with E-state index in [1.54, 1.807) is 0 Å². The van der Waals surface area contributed by atoms with Gasteiger partial charge in [-0.2, -0.15) is 0 Å². The second kappa shape index (κ2) is 7.68. The van der Waals surface area contributed by atoms with Crippen molar-refractivity contribution in [2.45, 2.75) is 0 Å². The van der Waals surface area contributed by atoms with Gasteiger partial charge in [-0.15, -0.1) is 0 Å². The average Bonchev–Trinajstić information content (AvgIpc) is 3.21. The lowest BCUT2D eigenvalue weighted by Gasteiger charge is -2.20. The smallest absolute Gasteiger partial charge is 0.263 e. The predicted molar refractivity (Wildman–Crippen MR) is 145 cm³/mol. The molecule has 2 nitrogen and oxygen atoms in total. The van der Waals surface area contributed by atoms with Crippen molar-refractivity contribution in [2.24, 2.45) is 0 Å². The third-order valence-corrected chi connectivity index (χ3v) is 6.97. The van der Waals surface area contributed by atoms with Gasteiger partial charge in [0.2, 0.25) is 0 Å². The highest BCUT2D eigenvalue weighted by Crippen LogP contribution is 2.49. The van der Waals surface area contributed by atoms with Crippen molar-refractivity contribution < 1.29 is 4.79 Å². The third kappa shape index (κ3) is 2.93. The third-order valence-electron chi connectivity index (χ3n) is 6.97. The molecule has 0 aliphatic carbocycles. The number of carbonyl (C=O) groups is 1. The molecule has 0 N–H and O–H groups in total. The summed E-state index contributed by atoms with van der Waals surface area (Å²) in [5.41, 5.74) is 7.09. The van der Waals surface area contributed by atoms with Crippen molar-refractivity contribution in [1.29, 1.82) is 0 Å². The van der Waals surface area contributed by atoms with Crippen molar-refractivity contribution in [1.82, 2.24) is 0 Å². The molecule has 0 bridgehead atoms. The molecule has 0 aromatic heterocycles. The number of rotatable bonds is 3. The first-order valence-electron chi connectivity index (χ1n) is 11.8. The highest BCUT2D eigenvalue weighted by Gasteiger charge is 2.34. The summed E-state index contributed by atoms with van der Waals surface area (Å²) in [6, 6.07) is 43.6. The molecule has 0 saturated carbocycles. The highest BCUT2D eigenvalue weighted by molar-refractivity contribution is 6.32. The summed E-state index contributed by atoms with van der Waals surface area (Å²) >= 11 is 0. The maximum absolute atomic E-state index is 14.1. The molecule has 7 rings (SSSR count). The zero-order valence-corrected chi connectivity index (χ0v) is 19.0. The Morgan fingerprint density at radius 3 is 1.89 bits per heavy atom. The Labute approximate surface area is 203 Å². The van der Waals surface area contributed by atoms with Crippen LogP contribution in [0.2, 0.25) is 0 Å². The van der Waals surface area contributed by atoms with Gasteiger partial charge in [-0.3, -0.25) is 9.69 Å². The zero-order chi connectivity index (χ0) is 23.4. The number of carbonyl (C=O) groups excluding carboxylic acids is 1. The van der Waals surface area contributed by atoms with Crippen LogP contribution < -0.4 is 4.90 Å². The van der Waals surface area contributed by atoms with Gasteiger partial charge in [-0.1, -0.05) is 109 Å². The molecule has 6 aromatic carbocycles. The molecule has 0 fully saturated rings. The van der Waals surface area contributed by atoms with Crippen LogP contribution in [0.25, 0.3) is 43.8 Å². The minimum Gasteiger partial charge on any atom is -0.276 e. The summed E-state index contributed by atoms with van der Waals surface area (Å²) < 4.78 is 0. The van der Waals surface area contributed by atoms with Gasteiger partial charge in [0.05, 0.1) is 16.9 Å². The Kier molecular flexibility index (Phi) is 4.33. The van der Waals surface area contributed by atoms with E-state index >= 15 is 0 Å². The monoisotopic (exact) mass is 447 g/mol. The van der Waals surface area contributed by atoms with Crippen LogP contribution in [0.15, 0.2) is 127 Å². The number of nitrogens with zero attached hydrogens (tertiary/aromatic N) is 1. The molecule has 1 amide bonds. The molecule has 0 radical (unpaired) electrons. The van der Waals surface area contributed by atoms with Crippen LogP contribution in [0, 0.1) is 0 Å². The summed E-state index contributed by atoms with van der Waals surface area (Å²) in [7, 11) is 0. The first-order chi connectivity index (χ1) is 17.3. The van der Waals surface area contributed by atoms with Crippen LogP contribution in [-0.4, -0.2) is 5.91 Å². The first-order valence-corrected chi connectivity index (χ1v) is 11.8. The standard InChI is InChI=1S/C33H21NO/c35-33-28-21-27(23-11-3-1-4-12-23)31(24-14-5-2-6-15-24)26-18-10-20-30(32(26)28)34(33)29-19-9-16-22-13-7-8-17-25(22)29/h1-21H. The van der Waals surface area contributed by atoms with Crippen LogP contribution in [0.4, 0.5) is 11.4 Å². The average molecular weight is 448 g/mol. The number of hydrogen-bond donors (Lipinski definition) is 0. The van der Waals surface area contributed by atoms with E-state index in [0.717, 1.165) is 60.7 Å². The van der Waals surface area contributed by atoms with E-state index in [1.165, 1.54) is 0 Å². The number of hydrogen-bond acceptors (Lipinski definition) is 1. The number of benzene rings is 6. The van der Waals surface area contributed by atoms with E-state index in [9.17, 15) is 4.79 Å². The van der Waals surface area contributed by atoms with Crippen LogP contribution in [0.1, 0.15) is 10.4 Å². The molecular weight excluding hydrogens is 426 g/mol. The Bertz CT molecular complexity index is 1750. The summed E-state index contributed by atoms with van der Waals surface area (Å²) in [6.07, 6.45) is 0. The Hall–Kier alpha value is -4.69. The predicted octanol–water partition coefficient (Wildman–Crippen LogP) is 8.62. The van der Waals surface area contributed by atoms with Crippen molar-refractivity contribution >= 4 is 38.8 Å². The van der Waals surface area contributed by atoms with E-state index < -0.39 is 0 Å². The quantitative estimate of drug-likeness (QED) is 0.266. The molecule has 0 spiro atoms. The van der Waals surface area contributed by atoms with Gasteiger partial charge < -0.3 is 0 Å². The van der Waals surface area contributed by atoms with Crippen LogP contribution in [0.5, 0.6) is 0 Å². The maximum atomic E-state index is 14.1. The molecule has 1 aliphatic heterocycles. The van der Waals surface area contributed by atoms with E-state index in [-0.39, 0.29) is 5.91 Å². The van der Waals surface area contributed by atoms with Gasteiger partial charge in [-0.05, 0) is 51.2 Å². The fourth-order valence-electron chi connectivity index (χ4n) is 5.45. The van der Waals surface area contributed by atoms with Gasteiger partial charge in [0.15, 0.2) is 0 Å². The second-order valence-electron chi connectivity index (χ2n) is 8.92. The van der Waals surface area contributed by atoms with Gasteiger partial charge >= 0.3 is 0 Å². The largest absolute Gasteiger partial charge is 0.276 e. The number of anilines is 2. The summed E-state index contributed by atoms with van der Waals surface area (Å²) in [5, 5.41) is 4.31. The Morgan fingerprint density at radius 1 is 0.486 bits per heavy atom. The molecule has 1 heterocycles. The van der Waals surface area contributed by atoms with Crippen LogP contribution >= 0.6 is 0 Å². The van der Waals surface area contributed by atoms with E-state index in [1.807, 2.05) is 53.4 Å². The molecule has 0 unspecified atom stereocenters. The normalized spacial score (nSPS) is 12.6. The molecule has 164 valence electrons. The Balaban J connectivity index is 1.57. The maximum Gasteiger partial charge on any atom is 0.263 e. The van der Waals surface area contributed by atoms with Crippen molar-refractivity contribution in [3.05, 3.63) is 133 Å². The zero-order valence-electron chi connectivity index (χ0n) is 19.0. The van der Waals surface area contributed by atoms with Gasteiger partial charge in [0.1, 0.15) is 0 Å². The van der Waals surface area contributed by atoms with Gasteiger partial charge in [-0.25, -0.2) is 0 Å². The summed E-state index contributed by atoms with van der Waals surface area (Å²) in [4.78, 5) is 16.0. The molecule has 0 saturated heterocycles.